The van der Waals surface area contributed by atoms with Crippen LogP contribution in [0.3, 0.4) is 0 Å². The number of hydrogen-bond donors (Lipinski definition) is 2. The Kier molecular flexibility index (Phi) is 11.8. The van der Waals surface area contributed by atoms with Gasteiger partial charge in [0.25, 0.3) is 5.56 Å². The molecule has 0 unspecified atom stereocenters. The van der Waals surface area contributed by atoms with Gasteiger partial charge in [0.2, 0.25) is 17.5 Å². The molecule has 3 fully saturated rings. The van der Waals surface area contributed by atoms with Crippen molar-refractivity contribution in [2.75, 3.05) is 32.8 Å². The van der Waals surface area contributed by atoms with Gasteiger partial charge in [-0.3, -0.25) is 24.5 Å². The maximum Gasteiger partial charge on any atom is 0.280 e. The number of aromatic amines is 1. The van der Waals surface area contributed by atoms with Gasteiger partial charge in [0.15, 0.2) is 11.2 Å². The average molecular weight is 846 g/mol. The smallest absolute Gasteiger partial charge is 0.280 e. The molecule has 2 aliphatic heterocycles. The summed E-state index contributed by atoms with van der Waals surface area (Å²) in [5.41, 5.74) is -1.36. The van der Waals surface area contributed by atoms with E-state index >= 15 is 0 Å². The Hall–Kier alpha value is -4.08. The lowest BCUT2D eigenvalue weighted by Crippen LogP contribution is -2.38. The van der Waals surface area contributed by atoms with E-state index in [4.69, 9.17) is 39.8 Å². The summed E-state index contributed by atoms with van der Waals surface area (Å²) in [6.07, 6.45) is 5.63. The molecule has 3 aliphatic rings. The predicted octanol–water partition coefficient (Wildman–Crippen LogP) is 8.10. The SMILES string of the molecule is COc1ccc(C(OC[C@H]2O[C@@H](n3cnc4c(=O)[nH]c(NC(=O)C(C)C)nc43)C[C@@H]2O[P@]2(=S)OCC3(CCCCC3)S2)(c2ccccc2)c2ccc(OC)cc2)cc1. The lowest BCUT2D eigenvalue weighted by molar-refractivity contribution is -0.118. The third kappa shape index (κ3) is 8.10. The molecule has 4 atom stereocenters. The number of H-pyrrole nitrogens is 1. The van der Waals surface area contributed by atoms with Crippen LogP contribution in [-0.4, -0.2) is 69.8 Å². The highest BCUT2D eigenvalue weighted by atomic mass is 32.9. The van der Waals surface area contributed by atoms with Crippen molar-refractivity contribution in [3.05, 3.63) is 112 Å². The highest BCUT2D eigenvalue weighted by Gasteiger charge is 2.50. The molecular formula is C42H48N5O8PS2. The first-order chi connectivity index (χ1) is 28.0. The number of ether oxygens (including phenoxy) is 4. The van der Waals surface area contributed by atoms with Crippen LogP contribution in [0.25, 0.3) is 11.2 Å². The molecule has 5 aromatic rings. The first-order valence-corrected chi connectivity index (χ1v) is 23.7. The quantitative estimate of drug-likeness (QED) is 0.0872. The highest BCUT2D eigenvalue weighted by Crippen LogP contribution is 2.74. The number of carbonyl (C=O) groups is 1. The lowest BCUT2D eigenvalue weighted by Gasteiger charge is -2.37. The molecule has 1 spiro atoms. The minimum atomic E-state index is -2.80. The zero-order valence-corrected chi connectivity index (χ0v) is 35.4. The van der Waals surface area contributed by atoms with Crippen molar-refractivity contribution in [1.29, 1.82) is 0 Å². The van der Waals surface area contributed by atoms with Crippen molar-refractivity contribution in [2.45, 2.75) is 81.2 Å². The van der Waals surface area contributed by atoms with Crippen molar-refractivity contribution in [3.8, 4) is 11.5 Å². The number of carbonyl (C=O) groups excluding carboxylic acids is 1. The maximum absolute atomic E-state index is 13.2. The number of nitrogens with zero attached hydrogens (tertiary/aromatic N) is 3. The molecular weight excluding hydrogens is 798 g/mol. The largest absolute Gasteiger partial charge is 0.497 e. The fraction of sp³-hybridized carbons (Fsp3) is 0.429. The predicted molar refractivity (Wildman–Crippen MR) is 227 cm³/mol. The molecule has 16 heteroatoms. The molecule has 1 amide bonds. The summed E-state index contributed by atoms with van der Waals surface area (Å²) < 4.78 is 40.4. The van der Waals surface area contributed by atoms with E-state index in [1.165, 1.54) is 12.7 Å². The summed E-state index contributed by atoms with van der Waals surface area (Å²) in [6, 6.07) is 25.8. The number of imidazole rings is 1. The topological polar surface area (TPSA) is 148 Å². The number of fused-ring (bicyclic) bond motifs is 1. The Bertz CT molecular complexity index is 2290. The van der Waals surface area contributed by atoms with Crippen molar-refractivity contribution in [2.24, 2.45) is 5.92 Å². The zero-order chi connectivity index (χ0) is 40.5. The van der Waals surface area contributed by atoms with Gasteiger partial charge in [0, 0.05) is 17.1 Å². The van der Waals surface area contributed by atoms with E-state index < -0.39 is 35.3 Å². The molecule has 4 heterocycles. The number of anilines is 1. The van der Waals surface area contributed by atoms with Gasteiger partial charge in [-0.25, -0.2) is 4.98 Å². The Morgan fingerprint density at radius 2 is 1.64 bits per heavy atom. The first-order valence-electron chi connectivity index (χ1n) is 19.6. The van der Waals surface area contributed by atoms with Crippen LogP contribution in [0.1, 0.15) is 75.3 Å². The fourth-order valence-electron chi connectivity index (χ4n) is 8.01. The number of nitrogens with one attached hydrogen (secondary N) is 2. The Labute approximate surface area is 346 Å². The van der Waals surface area contributed by atoms with Gasteiger partial charge in [-0.05, 0) is 65.6 Å². The van der Waals surface area contributed by atoms with E-state index in [0.29, 0.717) is 24.5 Å². The molecule has 1 aliphatic carbocycles. The van der Waals surface area contributed by atoms with Crippen molar-refractivity contribution < 1.29 is 32.8 Å². The summed E-state index contributed by atoms with van der Waals surface area (Å²) in [6.45, 7) is 4.17. The van der Waals surface area contributed by atoms with Gasteiger partial charge in [-0.2, -0.15) is 4.98 Å². The molecule has 1 saturated carbocycles. The zero-order valence-electron chi connectivity index (χ0n) is 32.9. The van der Waals surface area contributed by atoms with Gasteiger partial charge in [-0.15, -0.1) is 0 Å². The molecule has 13 nitrogen and oxygen atoms in total. The second kappa shape index (κ2) is 16.9. The minimum absolute atomic E-state index is 0.0271. The van der Waals surface area contributed by atoms with Crippen LogP contribution < -0.4 is 20.3 Å². The van der Waals surface area contributed by atoms with Gasteiger partial charge < -0.3 is 28.0 Å². The molecule has 2 saturated heterocycles. The van der Waals surface area contributed by atoms with Crippen molar-refractivity contribution >= 4 is 51.9 Å². The van der Waals surface area contributed by atoms with Crippen LogP contribution in [0.15, 0.2) is 90.0 Å². The molecule has 0 bridgehead atoms. The van der Waals surface area contributed by atoms with Gasteiger partial charge in [0.1, 0.15) is 29.4 Å². The lowest BCUT2D eigenvalue weighted by atomic mass is 9.80. The van der Waals surface area contributed by atoms with E-state index in [2.05, 4.69) is 20.3 Å². The summed E-state index contributed by atoms with van der Waals surface area (Å²) in [5, 5.41) is 2.70. The van der Waals surface area contributed by atoms with Crippen LogP contribution >= 0.6 is 17.1 Å². The Balaban J connectivity index is 1.18. The van der Waals surface area contributed by atoms with Gasteiger partial charge >= 0.3 is 0 Å². The third-order valence-electron chi connectivity index (χ3n) is 11.1. The van der Waals surface area contributed by atoms with Crippen molar-refractivity contribution in [1.82, 2.24) is 19.5 Å². The standard InChI is InChI=1S/C42H48N5O8PS2/c1-27(2)38(48)45-40-44-37-36(39(49)46-40)43-26-47(37)35-23-33(55-56(57)53-25-41(58-56)21-9-6-10-22-41)34(54-35)24-52-42(28-11-7-5-8-12-28,29-13-17-31(50-3)18-14-29)30-15-19-32(51-4)20-16-30/h5,7-8,11-20,26-27,33-35H,6,9-10,21-25H2,1-4H3,(H2,44,45,46,48,49)/t33-,34+,35+,56-/m0/s1. The summed E-state index contributed by atoms with van der Waals surface area (Å²) in [7, 11) is 3.28. The van der Waals surface area contributed by atoms with E-state index in [1.807, 2.05) is 78.9 Å². The fourth-order valence-corrected chi connectivity index (χ4v) is 15.1. The summed E-state index contributed by atoms with van der Waals surface area (Å²) in [5.74, 6) is 0.856. The number of methoxy groups -OCH3 is 2. The number of benzene rings is 3. The number of amides is 1. The highest BCUT2D eigenvalue weighted by molar-refractivity contribution is 8.68. The second-order valence-corrected chi connectivity index (χ2v) is 21.8. The summed E-state index contributed by atoms with van der Waals surface area (Å²) in [4.78, 5) is 37.4. The Morgan fingerprint density at radius 3 is 2.26 bits per heavy atom. The minimum Gasteiger partial charge on any atom is -0.497 e. The average Bonchev–Trinajstić information content (AvgIpc) is 3.94. The van der Waals surface area contributed by atoms with Crippen LogP contribution in [0.4, 0.5) is 5.95 Å². The van der Waals surface area contributed by atoms with Crippen LogP contribution in [-0.2, 0) is 40.7 Å². The maximum atomic E-state index is 13.2. The van der Waals surface area contributed by atoms with Crippen LogP contribution in [0.2, 0.25) is 0 Å². The van der Waals surface area contributed by atoms with Gasteiger partial charge in [0.05, 0.1) is 39.9 Å². The Morgan fingerprint density at radius 1 is 1.00 bits per heavy atom. The number of rotatable bonds is 13. The molecule has 306 valence electrons. The second-order valence-electron chi connectivity index (χ2n) is 15.3. The van der Waals surface area contributed by atoms with E-state index in [-0.39, 0.29) is 40.3 Å². The normalized spacial score (nSPS) is 23.1. The number of aromatic nitrogens is 4. The molecule has 2 aromatic heterocycles. The van der Waals surface area contributed by atoms with Crippen LogP contribution in [0, 0.1) is 5.92 Å². The van der Waals surface area contributed by atoms with Gasteiger partial charge in [-0.1, -0.05) is 99.1 Å². The van der Waals surface area contributed by atoms with E-state index in [0.717, 1.165) is 42.4 Å². The van der Waals surface area contributed by atoms with E-state index in [9.17, 15) is 9.59 Å². The first kappa shape index (κ1) is 40.7. The molecule has 3 aromatic carbocycles. The molecule has 8 rings (SSSR count). The van der Waals surface area contributed by atoms with Crippen LogP contribution in [0.5, 0.6) is 11.5 Å². The van der Waals surface area contributed by atoms with Crippen molar-refractivity contribution in [3.63, 3.8) is 0 Å². The third-order valence-corrected chi connectivity index (χ3v) is 16.9. The summed E-state index contributed by atoms with van der Waals surface area (Å²) >= 11 is 7.95. The number of hydrogen-bond acceptors (Lipinski definition) is 12. The molecule has 0 radical (unpaired) electrons. The molecule has 2 N–H and O–H groups in total. The monoisotopic (exact) mass is 845 g/mol. The molecule has 58 heavy (non-hydrogen) atoms. The van der Waals surface area contributed by atoms with E-state index in [1.54, 1.807) is 44.0 Å².